The summed E-state index contributed by atoms with van der Waals surface area (Å²) in [5.74, 6) is 6.33. The summed E-state index contributed by atoms with van der Waals surface area (Å²) in [7, 11) is 2.95. The molecule has 1 rings (SSSR count). The summed E-state index contributed by atoms with van der Waals surface area (Å²) in [4.78, 5) is 13.3. The van der Waals surface area contributed by atoms with E-state index in [1.165, 1.54) is 14.2 Å². The van der Waals surface area contributed by atoms with Crippen LogP contribution in [0.3, 0.4) is 0 Å². The van der Waals surface area contributed by atoms with Crippen molar-refractivity contribution in [2.45, 2.75) is 0 Å². The van der Waals surface area contributed by atoms with Crippen molar-refractivity contribution in [2.75, 3.05) is 20.8 Å². The summed E-state index contributed by atoms with van der Waals surface area (Å²) in [6, 6.07) is 3.13. The predicted octanol–water partition coefficient (Wildman–Crippen LogP) is 2.18. The molecule has 0 atom stereocenters. The van der Waals surface area contributed by atoms with E-state index in [2.05, 4.69) is 21.9 Å². The molecule has 0 bridgehead atoms. The predicted molar refractivity (Wildman–Crippen MR) is 65.8 cm³/mol. The highest BCUT2D eigenvalue weighted by Crippen LogP contribution is 2.29. The Bertz CT molecular complexity index is 526. The molecule has 0 aliphatic carbocycles. The maximum absolute atomic E-state index is 10.8. The molecule has 1 aromatic carbocycles. The number of hydrogen-bond donors (Lipinski definition) is 0. The van der Waals surface area contributed by atoms with E-state index in [-0.39, 0.29) is 6.54 Å². The molecule has 6 heteroatoms. The van der Waals surface area contributed by atoms with Crippen molar-refractivity contribution in [3.05, 3.63) is 33.7 Å². The number of carbonyl (C=O) groups excluding carboxylic acids is 1. The van der Waals surface area contributed by atoms with Gasteiger partial charge < -0.3 is 9.47 Å². The molecule has 6 nitrogen and oxygen atoms in total. The second-order valence-corrected chi connectivity index (χ2v) is 3.11. The number of methoxy groups -OCH3 is 2. The molecule has 0 saturated carbocycles. The minimum absolute atomic E-state index is 0.0538. The highest BCUT2D eigenvalue weighted by Gasteiger charge is 2.10. The lowest BCUT2D eigenvalue weighted by molar-refractivity contribution is 0.112. The molecule has 0 fully saturated rings. The van der Waals surface area contributed by atoms with E-state index in [4.69, 9.17) is 15.0 Å². The lowest BCUT2D eigenvalue weighted by Crippen LogP contribution is -1.96. The van der Waals surface area contributed by atoms with E-state index < -0.39 is 0 Å². The highest BCUT2D eigenvalue weighted by molar-refractivity contribution is 5.78. The second-order valence-electron chi connectivity index (χ2n) is 3.11. The van der Waals surface area contributed by atoms with Crippen molar-refractivity contribution in [1.29, 1.82) is 0 Å². The molecule has 18 heavy (non-hydrogen) atoms. The Hall–Kier alpha value is -2.64. The normalized spacial score (nSPS) is 8.56. The van der Waals surface area contributed by atoms with E-state index in [0.29, 0.717) is 28.9 Å². The minimum atomic E-state index is 0.0538. The molecule has 0 spiro atoms. The number of rotatable bonds is 4. The Balaban J connectivity index is 3.24. The molecular weight excluding hydrogens is 234 g/mol. The Morgan fingerprint density at radius 1 is 1.39 bits per heavy atom. The first-order valence-corrected chi connectivity index (χ1v) is 4.97. The standard InChI is InChI=1S/C12H11N3O3/c1-17-11-6-9(8-16)7-12(18-2)10(11)4-3-5-14-15-13/h6-8H,5H2,1-2H3. The molecule has 0 aliphatic heterocycles. The third kappa shape index (κ3) is 3.17. The van der Waals surface area contributed by atoms with Crippen LogP contribution in [0, 0.1) is 11.8 Å². The fourth-order valence-electron chi connectivity index (χ4n) is 1.32. The van der Waals surface area contributed by atoms with Gasteiger partial charge in [-0.05, 0) is 17.7 Å². The van der Waals surface area contributed by atoms with Gasteiger partial charge in [-0.3, -0.25) is 4.79 Å². The molecule has 0 unspecified atom stereocenters. The van der Waals surface area contributed by atoms with E-state index in [1.54, 1.807) is 12.1 Å². The summed E-state index contributed by atoms with van der Waals surface area (Å²) in [5, 5.41) is 3.30. The topological polar surface area (TPSA) is 84.3 Å². The van der Waals surface area contributed by atoms with E-state index >= 15 is 0 Å². The van der Waals surface area contributed by atoms with Gasteiger partial charge in [0.2, 0.25) is 0 Å². The van der Waals surface area contributed by atoms with Crippen molar-refractivity contribution < 1.29 is 14.3 Å². The van der Waals surface area contributed by atoms with E-state index in [0.717, 1.165) is 0 Å². The maximum Gasteiger partial charge on any atom is 0.150 e. The quantitative estimate of drug-likeness (QED) is 0.268. The summed E-state index contributed by atoms with van der Waals surface area (Å²) in [6.07, 6.45) is 0.697. The number of benzene rings is 1. The van der Waals surface area contributed by atoms with Crippen LogP contribution in [-0.4, -0.2) is 27.1 Å². The van der Waals surface area contributed by atoms with Crippen LogP contribution in [0.1, 0.15) is 15.9 Å². The van der Waals surface area contributed by atoms with Crippen molar-refractivity contribution >= 4 is 6.29 Å². The Morgan fingerprint density at radius 2 is 2.00 bits per heavy atom. The zero-order chi connectivity index (χ0) is 13.4. The van der Waals surface area contributed by atoms with Crippen LogP contribution in [0.2, 0.25) is 0 Å². The van der Waals surface area contributed by atoms with Crippen molar-refractivity contribution in [1.82, 2.24) is 0 Å². The van der Waals surface area contributed by atoms with Crippen LogP contribution in [0.15, 0.2) is 17.2 Å². The van der Waals surface area contributed by atoms with E-state index in [1.807, 2.05) is 0 Å². The van der Waals surface area contributed by atoms with Gasteiger partial charge in [-0.15, -0.1) is 0 Å². The molecule has 92 valence electrons. The molecule has 1 aromatic rings. The number of carbonyl (C=O) groups is 1. The Kier molecular flexibility index (Phi) is 5.10. The number of nitrogens with zero attached hydrogens (tertiary/aromatic N) is 3. The average molecular weight is 245 g/mol. The fourth-order valence-corrected chi connectivity index (χ4v) is 1.32. The summed E-state index contributed by atoms with van der Waals surface area (Å²) in [5.41, 5.74) is 9.08. The summed E-state index contributed by atoms with van der Waals surface area (Å²) >= 11 is 0. The first-order valence-electron chi connectivity index (χ1n) is 4.97. The Labute approximate surface area is 104 Å². The van der Waals surface area contributed by atoms with Crippen molar-refractivity contribution in [2.24, 2.45) is 5.11 Å². The van der Waals surface area contributed by atoms with Crippen LogP contribution in [0.4, 0.5) is 0 Å². The van der Waals surface area contributed by atoms with Gasteiger partial charge >= 0.3 is 0 Å². The molecule has 0 aromatic heterocycles. The van der Waals surface area contributed by atoms with Crippen LogP contribution in [-0.2, 0) is 0 Å². The largest absolute Gasteiger partial charge is 0.495 e. The lowest BCUT2D eigenvalue weighted by Gasteiger charge is -2.09. The lowest BCUT2D eigenvalue weighted by atomic mass is 10.1. The maximum atomic E-state index is 10.8. The molecule has 0 heterocycles. The Morgan fingerprint density at radius 3 is 2.44 bits per heavy atom. The fraction of sp³-hybridized carbons (Fsp3) is 0.250. The van der Waals surface area contributed by atoms with Crippen LogP contribution >= 0.6 is 0 Å². The SMILES string of the molecule is COc1cc(C=O)cc(OC)c1C#CCN=[N+]=[N-]. The van der Waals surface area contributed by atoms with Gasteiger partial charge in [0.25, 0.3) is 0 Å². The van der Waals surface area contributed by atoms with Gasteiger partial charge in [0, 0.05) is 10.5 Å². The molecule has 0 saturated heterocycles. The van der Waals surface area contributed by atoms with Crippen LogP contribution in [0.5, 0.6) is 11.5 Å². The van der Waals surface area contributed by atoms with Gasteiger partial charge in [-0.2, -0.15) is 0 Å². The second kappa shape index (κ2) is 6.84. The molecular formula is C12H11N3O3. The van der Waals surface area contributed by atoms with Gasteiger partial charge in [-0.25, -0.2) is 0 Å². The number of ether oxygens (including phenoxy) is 2. The smallest absolute Gasteiger partial charge is 0.150 e. The average Bonchev–Trinajstić information content (AvgIpc) is 2.42. The van der Waals surface area contributed by atoms with Crippen molar-refractivity contribution in [3.8, 4) is 23.3 Å². The van der Waals surface area contributed by atoms with Gasteiger partial charge in [0.05, 0.1) is 20.8 Å². The summed E-state index contributed by atoms with van der Waals surface area (Å²) < 4.78 is 10.3. The number of azide groups is 1. The zero-order valence-corrected chi connectivity index (χ0v) is 10.0. The van der Waals surface area contributed by atoms with Gasteiger partial charge in [0.1, 0.15) is 23.3 Å². The monoisotopic (exact) mass is 245 g/mol. The van der Waals surface area contributed by atoms with Gasteiger partial charge in [0.15, 0.2) is 0 Å². The zero-order valence-electron chi connectivity index (χ0n) is 10.0. The van der Waals surface area contributed by atoms with Crippen LogP contribution in [0.25, 0.3) is 10.4 Å². The number of aldehydes is 1. The summed E-state index contributed by atoms with van der Waals surface area (Å²) in [6.45, 7) is 0.0538. The van der Waals surface area contributed by atoms with Crippen molar-refractivity contribution in [3.63, 3.8) is 0 Å². The molecule has 0 aliphatic rings. The third-order valence-corrected chi connectivity index (χ3v) is 2.09. The highest BCUT2D eigenvalue weighted by atomic mass is 16.5. The van der Waals surface area contributed by atoms with Gasteiger partial charge in [-0.1, -0.05) is 17.0 Å². The van der Waals surface area contributed by atoms with E-state index in [9.17, 15) is 4.79 Å². The first kappa shape index (κ1) is 13.4. The minimum Gasteiger partial charge on any atom is -0.495 e. The molecule has 0 radical (unpaired) electrons. The van der Waals surface area contributed by atoms with Crippen LogP contribution < -0.4 is 9.47 Å². The number of hydrogen-bond acceptors (Lipinski definition) is 4. The molecule has 0 amide bonds. The third-order valence-electron chi connectivity index (χ3n) is 2.09. The molecule has 0 N–H and O–H groups in total. The first-order chi connectivity index (χ1) is 8.76.